The van der Waals surface area contributed by atoms with E-state index in [1.807, 2.05) is 67.7 Å². The highest BCUT2D eigenvalue weighted by atomic mass is 16.2. The van der Waals surface area contributed by atoms with Gasteiger partial charge in [-0.25, -0.2) is 9.78 Å². The maximum atomic E-state index is 12.2. The molecule has 7 heteroatoms. The summed E-state index contributed by atoms with van der Waals surface area (Å²) in [6.07, 6.45) is 3.93. The summed E-state index contributed by atoms with van der Waals surface area (Å²) < 4.78 is 2.06. The Kier molecular flexibility index (Phi) is 7.21. The number of aryl methyl sites for hydroxylation is 1. The van der Waals surface area contributed by atoms with Gasteiger partial charge in [-0.15, -0.1) is 0 Å². The van der Waals surface area contributed by atoms with Crippen molar-refractivity contribution in [2.45, 2.75) is 26.4 Å². The first-order valence-electron chi connectivity index (χ1n) is 9.90. The molecule has 0 aliphatic carbocycles. The molecule has 2 aromatic carbocycles. The molecule has 0 spiro atoms. The number of hydrogen-bond acceptors (Lipinski definition) is 3. The molecule has 30 heavy (non-hydrogen) atoms. The summed E-state index contributed by atoms with van der Waals surface area (Å²) in [7, 11) is 1.73. The van der Waals surface area contributed by atoms with Crippen molar-refractivity contribution in [1.29, 1.82) is 0 Å². The van der Waals surface area contributed by atoms with Crippen molar-refractivity contribution in [2.24, 2.45) is 0 Å². The maximum absolute atomic E-state index is 12.2. The summed E-state index contributed by atoms with van der Waals surface area (Å²) in [6, 6.07) is 17.3. The molecule has 0 unspecified atom stereocenters. The summed E-state index contributed by atoms with van der Waals surface area (Å²) in [5.41, 5.74) is 2.92. The average Bonchev–Trinajstić information content (AvgIpc) is 3.14. The van der Waals surface area contributed by atoms with Crippen molar-refractivity contribution >= 4 is 17.6 Å². The summed E-state index contributed by atoms with van der Waals surface area (Å²) >= 11 is 0. The van der Waals surface area contributed by atoms with E-state index < -0.39 is 0 Å². The minimum absolute atomic E-state index is 0.140. The zero-order valence-electron chi connectivity index (χ0n) is 17.3. The predicted molar refractivity (Wildman–Crippen MR) is 117 cm³/mol. The van der Waals surface area contributed by atoms with Crippen LogP contribution >= 0.6 is 0 Å². The summed E-state index contributed by atoms with van der Waals surface area (Å²) in [5, 5.41) is 5.64. The van der Waals surface area contributed by atoms with Gasteiger partial charge in [-0.2, -0.15) is 0 Å². The molecule has 1 aromatic heterocycles. The van der Waals surface area contributed by atoms with Crippen molar-refractivity contribution in [3.63, 3.8) is 0 Å². The van der Waals surface area contributed by atoms with E-state index in [1.54, 1.807) is 18.1 Å². The number of carbonyl (C=O) groups is 2. The van der Waals surface area contributed by atoms with Gasteiger partial charge < -0.3 is 20.1 Å². The largest absolute Gasteiger partial charge is 0.337 e. The van der Waals surface area contributed by atoms with Gasteiger partial charge in [0.1, 0.15) is 5.82 Å². The molecular formula is C23H27N5O2. The number of amides is 3. The normalized spacial score (nSPS) is 10.5. The lowest BCUT2D eigenvalue weighted by molar-refractivity contribution is -0.116. The van der Waals surface area contributed by atoms with Crippen LogP contribution in [-0.2, 0) is 17.9 Å². The van der Waals surface area contributed by atoms with Gasteiger partial charge in [-0.1, -0.05) is 42.5 Å². The second-order valence-corrected chi connectivity index (χ2v) is 7.17. The van der Waals surface area contributed by atoms with E-state index in [0.717, 1.165) is 29.2 Å². The third-order valence-electron chi connectivity index (χ3n) is 4.75. The SMILES string of the molecule is Cc1nccn1Cc1ccc(NC(=O)CCNC(=O)N(C)Cc2ccccc2)cc1. The van der Waals surface area contributed by atoms with Crippen LogP contribution in [0.15, 0.2) is 67.0 Å². The second-order valence-electron chi connectivity index (χ2n) is 7.17. The monoisotopic (exact) mass is 405 g/mol. The Hall–Kier alpha value is -3.61. The van der Waals surface area contributed by atoms with Gasteiger partial charge in [0.25, 0.3) is 0 Å². The van der Waals surface area contributed by atoms with Crippen LogP contribution in [0.5, 0.6) is 0 Å². The van der Waals surface area contributed by atoms with Gasteiger partial charge in [0.15, 0.2) is 0 Å². The Balaban J connectivity index is 1.39. The Morgan fingerprint density at radius 1 is 1.03 bits per heavy atom. The van der Waals surface area contributed by atoms with E-state index in [9.17, 15) is 9.59 Å². The topological polar surface area (TPSA) is 79.3 Å². The molecule has 1 heterocycles. The fourth-order valence-corrected chi connectivity index (χ4v) is 3.03. The number of aromatic nitrogens is 2. The number of benzene rings is 2. The molecule has 7 nitrogen and oxygen atoms in total. The van der Waals surface area contributed by atoms with Gasteiger partial charge in [0, 0.05) is 51.2 Å². The number of nitrogens with one attached hydrogen (secondary N) is 2. The molecule has 0 fully saturated rings. The van der Waals surface area contributed by atoms with Gasteiger partial charge in [0.05, 0.1) is 0 Å². The van der Waals surface area contributed by atoms with Crippen molar-refractivity contribution in [3.8, 4) is 0 Å². The highest BCUT2D eigenvalue weighted by Crippen LogP contribution is 2.12. The Bertz CT molecular complexity index is 967. The molecule has 156 valence electrons. The minimum Gasteiger partial charge on any atom is -0.337 e. The maximum Gasteiger partial charge on any atom is 0.317 e. The molecule has 2 N–H and O–H groups in total. The molecule has 0 aliphatic rings. The van der Waals surface area contributed by atoms with E-state index in [4.69, 9.17) is 0 Å². The highest BCUT2D eigenvalue weighted by molar-refractivity contribution is 5.91. The van der Waals surface area contributed by atoms with Crippen LogP contribution < -0.4 is 10.6 Å². The number of carbonyl (C=O) groups excluding carboxylic acids is 2. The van der Waals surface area contributed by atoms with Crippen molar-refractivity contribution < 1.29 is 9.59 Å². The van der Waals surface area contributed by atoms with Crippen molar-refractivity contribution in [1.82, 2.24) is 19.8 Å². The standard InChI is InChI=1S/C23H27N5O2/c1-18-24-14-15-28(18)17-20-8-10-21(11-9-20)26-22(29)12-13-25-23(30)27(2)16-19-6-4-3-5-7-19/h3-11,14-15H,12-13,16-17H2,1-2H3,(H,25,30)(H,26,29). The molecule has 0 atom stereocenters. The molecule has 0 bridgehead atoms. The van der Waals surface area contributed by atoms with E-state index in [1.165, 1.54) is 0 Å². The zero-order valence-corrected chi connectivity index (χ0v) is 17.3. The lowest BCUT2D eigenvalue weighted by Gasteiger charge is -2.18. The van der Waals surface area contributed by atoms with Gasteiger partial charge >= 0.3 is 6.03 Å². The van der Waals surface area contributed by atoms with E-state index in [-0.39, 0.29) is 24.9 Å². The minimum atomic E-state index is -0.203. The lowest BCUT2D eigenvalue weighted by Crippen LogP contribution is -2.38. The Morgan fingerprint density at radius 3 is 2.43 bits per heavy atom. The summed E-state index contributed by atoms with van der Waals surface area (Å²) in [6.45, 7) is 3.50. The first-order valence-corrected chi connectivity index (χ1v) is 9.90. The second kappa shape index (κ2) is 10.2. The fourth-order valence-electron chi connectivity index (χ4n) is 3.03. The summed E-state index contributed by atoms with van der Waals surface area (Å²) in [5.74, 6) is 0.822. The Labute approximate surface area is 176 Å². The molecule has 3 aromatic rings. The highest BCUT2D eigenvalue weighted by Gasteiger charge is 2.10. The van der Waals surface area contributed by atoms with Crippen molar-refractivity contribution in [3.05, 3.63) is 83.9 Å². The first-order chi connectivity index (χ1) is 14.5. The Morgan fingerprint density at radius 2 is 1.77 bits per heavy atom. The van der Waals surface area contributed by atoms with Crippen LogP contribution in [0.2, 0.25) is 0 Å². The molecule has 3 rings (SSSR count). The molecule has 0 saturated carbocycles. The van der Waals surface area contributed by atoms with Gasteiger partial charge in [-0.05, 0) is 30.2 Å². The number of hydrogen-bond donors (Lipinski definition) is 2. The van der Waals surface area contributed by atoms with E-state index in [2.05, 4.69) is 20.2 Å². The van der Waals surface area contributed by atoms with Crippen LogP contribution in [0, 0.1) is 6.92 Å². The van der Waals surface area contributed by atoms with Crippen LogP contribution in [0.25, 0.3) is 0 Å². The van der Waals surface area contributed by atoms with Crippen LogP contribution in [0.3, 0.4) is 0 Å². The molecule has 0 saturated heterocycles. The first kappa shape index (κ1) is 21.1. The smallest absolute Gasteiger partial charge is 0.317 e. The molecule has 0 aliphatic heterocycles. The zero-order chi connectivity index (χ0) is 21.3. The summed E-state index contributed by atoms with van der Waals surface area (Å²) in [4.78, 5) is 30.1. The van der Waals surface area contributed by atoms with Crippen molar-refractivity contribution in [2.75, 3.05) is 18.9 Å². The average molecular weight is 406 g/mol. The molecular weight excluding hydrogens is 378 g/mol. The van der Waals surface area contributed by atoms with Gasteiger partial charge in [0.2, 0.25) is 5.91 Å². The molecule has 0 radical (unpaired) electrons. The number of nitrogens with zero attached hydrogens (tertiary/aromatic N) is 3. The fraction of sp³-hybridized carbons (Fsp3) is 0.261. The third kappa shape index (κ3) is 6.20. The number of imidazole rings is 1. The lowest BCUT2D eigenvalue weighted by atomic mass is 10.2. The van der Waals surface area contributed by atoms with Crippen LogP contribution in [0.4, 0.5) is 10.5 Å². The third-order valence-corrected chi connectivity index (χ3v) is 4.75. The quantitative estimate of drug-likeness (QED) is 0.603. The van der Waals surface area contributed by atoms with E-state index in [0.29, 0.717) is 6.54 Å². The van der Waals surface area contributed by atoms with Crippen LogP contribution in [0.1, 0.15) is 23.4 Å². The predicted octanol–water partition coefficient (Wildman–Crippen LogP) is 3.41. The van der Waals surface area contributed by atoms with E-state index >= 15 is 0 Å². The molecule has 3 amide bonds. The van der Waals surface area contributed by atoms with Gasteiger partial charge in [-0.3, -0.25) is 4.79 Å². The van der Waals surface area contributed by atoms with Crippen LogP contribution in [-0.4, -0.2) is 40.0 Å². The number of anilines is 1. The number of rotatable bonds is 8. The number of urea groups is 1.